The zero-order valence-corrected chi connectivity index (χ0v) is 18.7. The van der Waals surface area contributed by atoms with Crippen LogP contribution in [0.15, 0.2) is 89.6 Å². The van der Waals surface area contributed by atoms with Gasteiger partial charge in [0.2, 0.25) is 0 Å². The van der Waals surface area contributed by atoms with Crippen LogP contribution in [-0.2, 0) is 16.1 Å². The number of allylic oxidation sites excluding steroid dienone is 2. The first-order valence-electron chi connectivity index (χ1n) is 10.9. The molecule has 0 saturated carbocycles. The Balaban J connectivity index is 1.61. The summed E-state index contributed by atoms with van der Waals surface area (Å²) < 4.78 is 24.5. The van der Waals surface area contributed by atoms with E-state index in [4.69, 9.17) is 9.47 Å². The van der Waals surface area contributed by atoms with Crippen LogP contribution in [0.25, 0.3) is 5.70 Å². The Morgan fingerprint density at radius 1 is 0.971 bits per heavy atom. The molecule has 1 N–H and O–H groups in total. The highest BCUT2D eigenvalue weighted by atomic mass is 19.1. The maximum Gasteiger partial charge on any atom is 0.336 e. The van der Waals surface area contributed by atoms with E-state index in [0.29, 0.717) is 39.4 Å². The Kier molecular flexibility index (Phi) is 5.49. The largest absolute Gasteiger partial charge is 0.489 e. The van der Waals surface area contributed by atoms with Crippen molar-refractivity contribution in [3.05, 3.63) is 118 Å². The van der Waals surface area contributed by atoms with Gasteiger partial charge < -0.3 is 14.8 Å². The summed E-state index contributed by atoms with van der Waals surface area (Å²) in [5.74, 6) is -1.11. The van der Waals surface area contributed by atoms with E-state index in [9.17, 15) is 14.0 Å². The van der Waals surface area contributed by atoms with Gasteiger partial charge in [-0.3, -0.25) is 4.79 Å². The van der Waals surface area contributed by atoms with E-state index in [1.807, 2.05) is 36.4 Å². The standard InChI is InChI=1S/C28H22FNO4/c1-16-23(28(32)33-2)24(25-26(30-16)19-7-3-4-8-20(19)27(25)31)21-9-5-6-10-22(21)34-15-17-11-13-18(29)14-12-17/h3-14,24,30H,15H2,1-2H3/t24-/m1/s1. The van der Waals surface area contributed by atoms with Crippen LogP contribution in [0.4, 0.5) is 4.39 Å². The highest BCUT2D eigenvalue weighted by Gasteiger charge is 2.43. The number of ether oxygens (including phenoxy) is 2. The maximum atomic E-state index is 13.6. The van der Waals surface area contributed by atoms with E-state index < -0.39 is 11.9 Å². The summed E-state index contributed by atoms with van der Waals surface area (Å²) in [4.78, 5) is 26.5. The minimum atomic E-state index is -0.673. The summed E-state index contributed by atoms with van der Waals surface area (Å²) in [7, 11) is 1.33. The first kappa shape index (κ1) is 21.6. The maximum absolute atomic E-state index is 13.6. The molecule has 1 heterocycles. The number of benzene rings is 3. The van der Waals surface area contributed by atoms with Gasteiger partial charge in [-0.05, 0) is 30.7 Å². The molecule has 0 spiro atoms. The molecule has 0 unspecified atom stereocenters. The van der Waals surface area contributed by atoms with Crippen molar-refractivity contribution >= 4 is 17.4 Å². The van der Waals surface area contributed by atoms with Gasteiger partial charge in [0, 0.05) is 28.0 Å². The van der Waals surface area contributed by atoms with Gasteiger partial charge in [0.1, 0.15) is 18.2 Å². The topological polar surface area (TPSA) is 64.6 Å². The molecule has 6 heteroatoms. The van der Waals surface area contributed by atoms with Crippen molar-refractivity contribution < 1.29 is 23.5 Å². The normalized spacial score (nSPS) is 16.7. The quantitative estimate of drug-likeness (QED) is 0.540. The Hall–Kier alpha value is -4.19. The summed E-state index contributed by atoms with van der Waals surface area (Å²) in [5.41, 5.74) is 5.04. The zero-order valence-electron chi connectivity index (χ0n) is 18.7. The minimum Gasteiger partial charge on any atom is -0.489 e. The Morgan fingerprint density at radius 3 is 2.38 bits per heavy atom. The van der Waals surface area contributed by atoms with Crippen molar-refractivity contribution in [1.82, 2.24) is 5.32 Å². The molecule has 0 aromatic heterocycles. The SMILES string of the molecule is COC(=O)C1=C(C)NC2=C(C(=O)c3ccccc32)[C@@H]1c1ccccc1OCc1ccc(F)cc1. The van der Waals surface area contributed by atoms with Crippen LogP contribution in [0.1, 0.15) is 39.9 Å². The Morgan fingerprint density at radius 2 is 1.65 bits per heavy atom. The molecule has 5 nitrogen and oxygen atoms in total. The Labute approximate surface area is 196 Å². The molecule has 0 radical (unpaired) electrons. The molecule has 1 aliphatic carbocycles. The second-order valence-corrected chi connectivity index (χ2v) is 8.20. The summed E-state index contributed by atoms with van der Waals surface area (Å²) >= 11 is 0. The number of halogens is 1. The summed E-state index contributed by atoms with van der Waals surface area (Å²) in [6.07, 6.45) is 0. The molecule has 3 aromatic rings. The molecule has 2 aliphatic rings. The number of dihydropyridines is 1. The molecule has 1 atom stereocenters. The van der Waals surface area contributed by atoms with Crippen LogP contribution >= 0.6 is 0 Å². The van der Waals surface area contributed by atoms with E-state index in [1.165, 1.54) is 19.2 Å². The van der Waals surface area contributed by atoms with Gasteiger partial charge >= 0.3 is 5.97 Å². The fraction of sp³-hybridized carbons (Fsp3) is 0.143. The van der Waals surface area contributed by atoms with Crippen LogP contribution in [0.2, 0.25) is 0 Å². The predicted octanol–water partition coefficient (Wildman–Crippen LogP) is 5.15. The third-order valence-corrected chi connectivity index (χ3v) is 6.19. The fourth-order valence-electron chi connectivity index (χ4n) is 4.61. The second-order valence-electron chi connectivity index (χ2n) is 8.20. The lowest BCUT2D eigenvalue weighted by molar-refractivity contribution is -0.136. The van der Waals surface area contributed by atoms with Crippen molar-refractivity contribution in [1.29, 1.82) is 0 Å². The Bertz CT molecular complexity index is 1370. The molecule has 5 rings (SSSR count). The lowest BCUT2D eigenvalue weighted by Crippen LogP contribution is -2.29. The monoisotopic (exact) mass is 455 g/mol. The van der Waals surface area contributed by atoms with Gasteiger partial charge in [-0.25, -0.2) is 9.18 Å². The van der Waals surface area contributed by atoms with Gasteiger partial charge in [-0.2, -0.15) is 0 Å². The van der Waals surface area contributed by atoms with Crippen LogP contribution in [0.3, 0.4) is 0 Å². The number of hydrogen-bond acceptors (Lipinski definition) is 5. The highest BCUT2D eigenvalue weighted by molar-refractivity contribution is 6.23. The molecule has 170 valence electrons. The lowest BCUT2D eigenvalue weighted by Gasteiger charge is -2.30. The smallest absolute Gasteiger partial charge is 0.336 e. The van der Waals surface area contributed by atoms with E-state index in [2.05, 4.69) is 5.32 Å². The summed E-state index contributed by atoms with van der Waals surface area (Å²) in [5, 5.41) is 3.27. The number of esters is 1. The fourth-order valence-corrected chi connectivity index (χ4v) is 4.61. The molecular weight excluding hydrogens is 433 g/mol. The number of nitrogens with one attached hydrogen (secondary N) is 1. The number of Topliss-reactive ketones (excluding diaryl/α,β-unsaturated/α-hetero) is 1. The zero-order chi connectivity index (χ0) is 23.8. The van der Waals surface area contributed by atoms with E-state index in [1.54, 1.807) is 31.2 Å². The van der Waals surface area contributed by atoms with Crippen molar-refractivity contribution in [2.24, 2.45) is 0 Å². The van der Waals surface area contributed by atoms with Crippen LogP contribution < -0.4 is 10.1 Å². The first-order chi connectivity index (χ1) is 16.5. The number of para-hydroxylation sites is 1. The van der Waals surface area contributed by atoms with Gasteiger partial charge in [0.25, 0.3) is 0 Å². The third kappa shape index (κ3) is 3.57. The number of rotatable bonds is 5. The van der Waals surface area contributed by atoms with Crippen molar-refractivity contribution in [3.8, 4) is 5.75 Å². The van der Waals surface area contributed by atoms with Gasteiger partial charge in [-0.15, -0.1) is 0 Å². The number of ketones is 1. The second kappa shape index (κ2) is 8.63. The molecular formula is C28H22FNO4. The molecule has 3 aromatic carbocycles. The lowest BCUT2D eigenvalue weighted by atomic mass is 9.79. The van der Waals surface area contributed by atoms with E-state index in [-0.39, 0.29) is 18.2 Å². The van der Waals surface area contributed by atoms with Crippen LogP contribution in [0.5, 0.6) is 5.75 Å². The molecule has 0 amide bonds. The average Bonchev–Trinajstić information content (AvgIpc) is 3.14. The van der Waals surface area contributed by atoms with Gasteiger partial charge in [-0.1, -0.05) is 54.6 Å². The van der Waals surface area contributed by atoms with E-state index >= 15 is 0 Å². The summed E-state index contributed by atoms with van der Waals surface area (Å²) in [6.45, 7) is 2.01. The minimum absolute atomic E-state index is 0.134. The third-order valence-electron chi connectivity index (χ3n) is 6.19. The molecule has 1 aliphatic heterocycles. The first-order valence-corrected chi connectivity index (χ1v) is 10.9. The van der Waals surface area contributed by atoms with Crippen LogP contribution in [-0.4, -0.2) is 18.9 Å². The molecule has 0 fully saturated rings. The van der Waals surface area contributed by atoms with Crippen molar-refractivity contribution in [3.63, 3.8) is 0 Å². The van der Waals surface area contributed by atoms with Crippen molar-refractivity contribution in [2.45, 2.75) is 19.4 Å². The van der Waals surface area contributed by atoms with Crippen LogP contribution in [0, 0.1) is 5.82 Å². The van der Waals surface area contributed by atoms with Gasteiger partial charge in [0.15, 0.2) is 5.78 Å². The molecule has 0 saturated heterocycles. The molecule has 34 heavy (non-hydrogen) atoms. The van der Waals surface area contributed by atoms with E-state index in [0.717, 1.165) is 11.1 Å². The number of carbonyl (C=O) groups is 2. The number of methoxy groups -OCH3 is 1. The average molecular weight is 455 g/mol. The van der Waals surface area contributed by atoms with Gasteiger partial charge in [0.05, 0.1) is 24.3 Å². The molecule has 0 bridgehead atoms. The predicted molar refractivity (Wildman–Crippen MR) is 125 cm³/mol. The number of carbonyl (C=O) groups excluding carboxylic acids is 2. The van der Waals surface area contributed by atoms with Crippen molar-refractivity contribution in [2.75, 3.05) is 7.11 Å². The summed E-state index contributed by atoms with van der Waals surface area (Å²) in [6, 6.07) is 20.8. The number of fused-ring (bicyclic) bond motifs is 2. The highest BCUT2D eigenvalue weighted by Crippen LogP contribution is 2.48. The number of hydrogen-bond donors (Lipinski definition) is 1.